The van der Waals surface area contributed by atoms with Crippen molar-refractivity contribution in [2.45, 2.75) is 29.6 Å². The van der Waals surface area contributed by atoms with Crippen LogP contribution in [0.3, 0.4) is 0 Å². The zero-order valence-electron chi connectivity index (χ0n) is 13.5. The van der Waals surface area contributed by atoms with E-state index in [9.17, 15) is 8.42 Å². The quantitative estimate of drug-likeness (QED) is 0.778. The molecule has 0 saturated carbocycles. The Labute approximate surface area is 142 Å². The maximum Gasteiger partial charge on any atom is 0.175 e. The molecule has 24 heavy (non-hydrogen) atoms. The highest BCUT2D eigenvalue weighted by molar-refractivity contribution is 7.90. The van der Waals surface area contributed by atoms with Crippen molar-refractivity contribution in [3.63, 3.8) is 0 Å². The predicted molar refractivity (Wildman–Crippen MR) is 95.1 cm³/mol. The number of benzene rings is 2. The second-order valence-corrected chi connectivity index (χ2v) is 9.00. The van der Waals surface area contributed by atoms with Crippen molar-refractivity contribution in [3.05, 3.63) is 88.0 Å². The molecule has 0 N–H and O–H groups in total. The van der Waals surface area contributed by atoms with Gasteiger partial charge in [-0.3, -0.25) is 0 Å². The Hall–Kier alpha value is -2.13. The zero-order chi connectivity index (χ0) is 16.5. The van der Waals surface area contributed by atoms with E-state index in [2.05, 4.69) is 36.4 Å². The van der Waals surface area contributed by atoms with Crippen LogP contribution in [0.1, 0.15) is 46.9 Å². The van der Waals surface area contributed by atoms with E-state index in [4.69, 9.17) is 0 Å². The fourth-order valence-electron chi connectivity index (χ4n) is 4.67. The molecule has 120 valence electrons. The van der Waals surface area contributed by atoms with Gasteiger partial charge in [0.25, 0.3) is 0 Å². The van der Waals surface area contributed by atoms with E-state index >= 15 is 0 Å². The van der Waals surface area contributed by atoms with Gasteiger partial charge in [0.05, 0.1) is 4.90 Å². The number of sulfone groups is 1. The van der Waals surface area contributed by atoms with Crippen molar-refractivity contribution < 1.29 is 8.42 Å². The highest BCUT2D eigenvalue weighted by Gasteiger charge is 2.42. The van der Waals surface area contributed by atoms with Crippen molar-refractivity contribution in [1.82, 2.24) is 0 Å². The first-order valence-electron chi connectivity index (χ1n) is 8.38. The number of hydrogen-bond acceptors (Lipinski definition) is 2. The molecule has 4 aliphatic rings. The van der Waals surface area contributed by atoms with E-state index in [0.29, 0.717) is 4.90 Å². The molecule has 2 atom stereocenters. The Kier molecular flexibility index (Phi) is 2.79. The van der Waals surface area contributed by atoms with Crippen molar-refractivity contribution in [2.75, 3.05) is 6.26 Å². The maximum atomic E-state index is 12.0. The molecule has 2 aromatic rings. The molecule has 0 aliphatic heterocycles. The summed E-state index contributed by atoms with van der Waals surface area (Å²) in [6, 6.07) is 14.4. The molecule has 6 rings (SSSR count). The largest absolute Gasteiger partial charge is 0.224 e. The van der Waals surface area contributed by atoms with Crippen molar-refractivity contribution in [2.24, 2.45) is 0 Å². The minimum Gasteiger partial charge on any atom is -0.224 e. The van der Waals surface area contributed by atoms with Gasteiger partial charge >= 0.3 is 0 Å². The minimum absolute atomic E-state index is 0.175. The molecule has 2 unspecified atom stereocenters. The third-order valence-electron chi connectivity index (χ3n) is 5.63. The molecule has 0 saturated heterocycles. The zero-order valence-corrected chi connectivity index (χ0v) is 14.3. The van der Waals surface area contributed by atoms with Crippen LogP contribution < -0.4 is 0 Å². The Bertz CT molecular complexity index is 1040. The lowest BCUT2D eigenvalue weighted by Gasteiger charge is -2.44. The summed E-state index contributed by atoms with van der Waals surface area (Å²) in [5.74, 6) is 0.462. The van der Waals surface area contributed by atoms with Gasteiger partial charge in [-0.25, -0.2) is 8.42 Å². The van der Waals surface area contributed by atoms with E-state index < -0.39 is 9.84 Å². The topological polar surface area (TPSA) is 34.1 Å². The summed E-state index contributed by atoms with van der Waals surface area (Å²) in [7, 11) is -3.19. The molecule has 0 radical (unpaired) electrons. The number of rotatable bonds is 1. The molecule has 4 aliphatic carbocycles. The van der Waals surface area contributed by atoms with E-state index in [0.717, 1.165) is 12.8 Å². The average molecular weight is 334 g/mol. The number of allylic oxidation sites excluding steroid dienone is 4. The van der Waals surface area contributed by atoms with E-state index in [1.807, 2.05) is 12.1 Å². The van der Waals surface area contributed by atoms with Gasteiger partial charge in [0, 0.05) is 18.1 Å². The summed E-state index contributed by atoms with van der Waals surface area (Å²) in [5, 5.41) is 0. The van der Waals surface area contributed by atoms with Gasteiger partial charge in [0.15, 0.2) is 9.84 Å². The lowest BCUT2D eigenvalue weighted by atomic mass is 9.59. The van der Waals surface area contributed by atoms with Crippen molar-refractivity contribution in [3.8, 4) is 0 Å². The monoisotopic (exact) mass is 334 g/mol. The smallest absolute Gasteiger partial charge is 0.175 e. The lowest BCUT2D eigenvalue weighted by molar-refractivity contribution is 0.601. The first-order chi connectivity index (χ1) is 11.6. The Morgan fingerprint density at radius 3 is 2.38 bits per heavy atom. The molecule has 2 bridgehead atoms. The maximum absolute atomic E-state index is 12.0. The Morgan fingerprint density at radius 2 is 1.62 bits per heavy atom. The van der Waals surface area contributed by atoms with Crippen LogP contribution in [0.2, 0.25) is 0 Å². The predicted octanol–water partition coefficient (Wildman–Crippen LogP) is 4.33. The summed E-state index contributed by atoms with van der Waals surface area (Å²) in [6.45, 7) is 0. The number of hydrogen-bond donors (Lipinski definition) is 0. The molecular weight excluding hydrogens is 316 g/mol. The molecule has 0 spiro atoms. The van der Waals surface area contributed by atoms with Gasteiger partial charge in [-0.2, -0.15) is 0 Å². The van der Waals surface area contributed by atoms with Crippen LogP contribution in [-0.4, -0.2) is 14.7 Å². The molecule has 2 nitrogen and oxygen atoms in total. The van der Waals surface area contributed by atoms with Crippen LogP contribution in [0.5, 0.6) is 0 Å². The van der Waals surface area contributed by atoms with Crippen LogP contribution in [0.15, 0.2) is 70.7 Å². The SMILES string of the molecule is CS(=O)(=O)c1ccc2c(c1)C1C3=C(CCC=C3)C2c2ccccc21. The molecule has 0 amide bonds. The summed E-state index contributed by atoms with van der Waals surface area (Å²) in [4.78, 5) is 0.424. The first-order valence-corrected chi connectivity index (χ1v) is 10.3. The van der Waals surface area contributed by atoms with Crippen molar-refractivity contribution in [1.29, 1.82) is 0 Å². The Balaban J connectivity index is 1.83. The van der Waals surface area contributed by atoms with Gasteiger partial charge in [0.2, 0.25) is 0 Å². The summed E-state index contributed by atoms with van der Waals surface area (Å²) >= 11 is 0. The summed E-state index contributed by atoms with van der Waals surface area (Å²) < 4.78 is 24.1. The van der Waals surface area contributed by atoms with Crippen LogP contribution in [0.4, 0.5) is 0 Å². The third kappa shape index (κ3) is 1.79. The van der Waals surface area contributed by atoms with Crippen LogP contribution in [0, 0.1) is 0 Å². The molecule has 0 heterocycles. The average Bonchev–Trinajstić information content (AvgIpc) is 2.60. The Morgan fingerprint density at radius 1 is 0.917 bits per heavy atom. The van der Waals surface area contributed by atoms with Crippen LogP contribution >= 0.6 is 0 Å². The second kappa shape index (κ2) is 4.70. The van der Waals surface area contributed by atoms with Crippen molar-refractivity contribution >= 4 is 9.84 Å². The summed E-state index contributed by atoms with van der Waals surface area (Å²) in [5.41, 5.74) is 8.12. The van der Waals surface area contributed by atoms with Crippen LogP contribution in [0.25, 0.3) is 0 Å². The third-order valence-corrected chi connectivity index (χ3v) is 6.74. The van der Waals surface area contributed by atoms with E-state index in [1.54, 1.807) is 6.07 Å². The second-order valence-electron chi connectivity index (χ2n) is 6.98. The minimum atomic E-state index is -3.19. The molecule has 3 heteroatoms. The summed E-state index contributed by atoms with van der Waals surface area (Å²) in [6.07, 6.45) is 8.01. The highest BCUT2D eigenvalue weighted by atomic mass is 32.2. The molecule has 0 fully saturated rings. The van der Waals surface area contributed by atoms with Gasteiger partial charge in [0.1, 0.15) is 0 Å². The highest BCUT2D eigenvalue weighted by Crippen LogP contribution is 2.57. The van der Waals surface area contributed by atoms with E-state index in [-0.39, 0.29) is 11.8 Å². The molecule has 2 aromatic carbocycles. The fraction of sp³-hybridized carbons (Fsp3) is 0.238. The molecule has 0 aromatic heterocycles. The van der Waals surface area contributed by atoms with Gasteiger partial charge in [-0.1, -0.05) is 48.1 Å². The van der Waals surface area contributed by atoms with Crippen LogP contribution in [-0.2, 0) is 9.84 Å². The van der Waals surface area contributed by atoms with Gasteiger partial charge in [-0.15, -0.1) is 0 Å². The van der Waals surface area contributed by atoms with E-state index in [1.165, 1.54) is 39.7 Å². The fourth-order valence-corrected chi connectivity index (χ4v) is 5.33. The van der Waals surface area contributed by atoms with Gasteiger partial charge < -0.3 is 0 Å². The normalized spacial score (nSPS) is 23.7. The standard InChI is InChI=1S/C21H18O2S/c1-24(22,23)13-10-11-18-19(12-13)21-16-8-4-2-6-14(16)20(18)15-7-3-5-9-17(15)21/h2,4-6,8-12,20-21H,3,7H2,1H3. The first kappa shape index (κ1) is 14.2. The van der Waals surface area contributed by atoms with Gasteiger partial charge in [-0.05, 0) is 52.8 Å². The molecular formula is C21H18O2S. The lowest BCUT2D eigenvalue weighted by Crippen LogP contribution is -2.28.